The molecular weight excluding hydrogens is 359 g/mol. The monoisotopic (exact) mass is 384 g/mol. The van der Waals surface area contributed by atoms with Crippen molar-refractivity contribution in [3.63, 3.8) is 0 Å². The van der Waals surface area contributed by atoms with E-state index in [1.54, 1.807) is 25.2 Å². The number of carbonyl (C=O) groups excluding carboxylic acids is 1. The second kappa shape index (κ2) is 7.34. The maximum Gasteiger partial charge on any atom is 0.317 e. The maximum absolute atomic E-state index is 14.2. The molecule has 0 saturated heterocycles. The van der Waals surface area contributed by atoms with Gasteiger partial charge in [0.2, 0.25) is 0 Å². The fourth-order valence-corrected chi connectivity index (χ4v) is 4.00. The van der Waals surface area contributed by atoms with Crippen molar-refractivity contribution in [2.24, 2.45) is 0 Å². The summed E-state index contributed by atoms with van der Waals surface area (Å²) in [7, 11) is 3.23. The van der Waals surface area contributed by atoms with Crippen molar-refractivity contribution in [3.05, 3.63) is 58.9 Å². The predicted molar refractivity (Wildman–Crippen MR) is 104 cm³/mol. The van der Waals surface area contributed by atoms with Gasteiger partial charge in [-0.1, -0.05) is 18.2 Å². The molecule has 2 amide bonds. The van der Waals surface area contributed by atoms with Crippen LogP contribution in [0.3, 0.4) is 0 Å². The van der Waals surface area contributed by atoms with Crippen molar-refractivity contribution in [1.82, 2.24) is 10.2 Å². The first-order valence-corrected chi connectivity index (χ1v) is 9.58. The Morgan fingerprint density at radius 2 is 1.82 bits per heavy atom. The molecule has 1 saturated carbocycles. The lowest BCUT2D eigenvalue weighted by Crippen LogP contribution is -2.45. The molecule has 1 fully saturated rings. The summed E-state index contributed by atoms with van der Waals surface area (Å²) < 4.78 is 24.9. The number of carbonyl (C=O) groups is 1. The third-order valence-corrected chi connectivity index (χ3v) is 5.88. The van der Waals surface area contributed by atoms with Gasteiger partial charge >= 0.3 is 6.03 Å². The maximum atomic E-state index is 14.2. The second-order valence-electron chi connectivity index (χ2n) is 7.57. The Morgan fingerprint density at radius 1 is 1.14 bits per heavy atom. The molecule has 1 aliphatic carbocycles. The number of rotatable bonds is 5. The van der Waals surface area contributed by atoms with Crippen molar-refractivity contribution in [2.75, 3.05) is 27.3 Å². The number of nitrogens with one attached hydrogen (secondary N) is 1. The summed E-state index contributed by atoms with van der Waals surface area (Å²) in [6, 6.07) is 10.7. The summed E-state index contributed by atoms with van der Waals surface area (Å²) in [5.41, 5.74) is 2.68. The fraction of sp³-hybridized carbons (Fsp3) is 0.409. The summed E-state index contributed by atoms with van der Waals surface area (Å²) in [4.78, 5) is 14.5. The predicted octanol–water partition coefficient (Wildman–Crippen LogP) is 3.64. The van der Waals surface area contributed by atoms with Gasteiger partial charge in [0.25, 0.3) is 0 Å². The first-order valence-electron chi connectivity index (χ1n) is 9.58. The minimum absolute atomic E-state index is 0.108. The van der Waals surface area contributed by atoms with E-state index in [1.165, 1.54) is 11.6 Å². The summed E-state index contributed by atoms with van der Waals surface area (Å²) >= 11 is 0. The van der Waals surface area contributed by atoms with E-state index in [0.29, 0.717) is 36.7 Å². The third kappa shape index (κ3) is 3.39. The molecular formula is C22H25FN2O3. The number of ether oxygens (including phenoxy) is 2. The zero-order valence-electron chi connectivity index (χ0n) is 16.3. The van der Waals surface area contributed by atoms with Gasteiger partial charge in [0, 0.05) is 25.0 Å². The third-order valence-electron chi connectivity index (χ3n) is 5.88. The molecule has 0 spiro atoms. The number of fused-ring (bicyclic) bond motifs is 1. The minimum atomic E-state index is -0.259. The van der Waals surface area contributed by atoms with Crippen molar-refractivity contribution in [3.8, 4) is 11.5 Å². The molecule has 0 aromatic heterocycles. The molecule has 5 nitrogen and oxygen atoms in total. The Balaban J connectivity index is 1.42. The molecule has 0 bridgehead atoms. The SMILES string of the molecule is COc1cc2c(cc1OC)CN(C(=O)NCC1(c3ccccc3F)CC1)CC2. The van der Waals surface area contributed by atoms with Crippen LogP contribution >= 0.6 is 0 Å². The van der Waals surface area contributed by atoms with Crippen LogP contribution in [0.25, 0.3) is 0 Å². The van der Waals surface area contributed by atoms with Gasteiger partial charge in [-0.15, -0.1) is 0 Å². The number of halogens is 1. The van der Waals surface area contributed by atoms with Crippen LogP contribution in [0.1, 0.15) is 29.5 Å². The van der Waals surface area contributed by atoms with Gasteiger partial charge in [0.05, 0.1) is 14.2 Å². The molecule has 2 aromatic rings. The molecule has 1 heterocycles. The molecule has 0 atom stereocenters. The van der Waals surface area contributed by atoms with E-state index in [9.17, 15) is 9.18 Å². The van der Waals surface area contributed by atoms with Crippen LogP contribution < -0.4 is 14.8 Å². The van der Waals surface area contributed by atoms with Gasteiger partial charge in [-0.2, -0.15) is 0 Å². The normalized spacial score (nSPS) is 16.9. The average Bonchev–Trinajstić information content (AvgIpc) is 3.51. The Bertz CT molecular complexity index is 895. The van der Waals surface area contributed by atoms with Gasteiger partial charge in [0.1, 0.15) is 5.82 Å². The number of amides is 2. The average molecular weight is 384 g/mol. The van der Waals surface area contributed by atoms with Gasteiger partial charge in [-0.25, -0.2) is 9.18 Å². The molecule has 0 radical (unpaired) electrons. The lowest BCUT2D eigenvalue weighted by molar-refractivity contribution is 0.191. The molecule has 4 rings (SSSR count). The molecule has 0 unspecified atom stereocenters. The molecule has 2 aliphatic rings. The van der Waals surface area contributed by atoms with E-state index < -0.39 is 0 Å². The topological polar surface area (TPSA) is 50.8 Å². The number of benzene rings is 2. The summed E-state index contributed by atoms with van der Waals surface area (Å²) in [6.45, 7) is 1.62. The molecule has 28 heavy (non-hydrogen) atoms. The fourth-order valence-electron chi connectivity index (χ4n) is 4.00. The van der Waals surface area contributed by atoms with Crippen LogP contribution in [-0.4, -0.2) is 38.2 Å². The Kier molecular flexibility index (Phi) is 4.87. The van der Waals surface area contributed by atoms with E-state index in [1.807, 2.05) is 24.3 Å². The lowest BCUT2D eigenvalue weighted by atomic mass is 9.95. The van der Waals surface area contributed by atoms with Gasteiger partial charge in [-0.3, -0.25) is 0 Å². The number of hydrogen-bond acceptors (Lipinski definition) is 3. The van der Waals surface area contributed by atoms with E-state index >= 15 is 0 Å². The van der Waals surface area contributed by atoms with Gasteiger partial charge in [-0.05, 0) is 54.2 Å². The Labute approximate surface area is 164 Å². The summed E-state index contributed by atoms with van der Waals surface area (Å²) in [6.07, 6.45) is 2.56. The first-order chi connectivity index (χ1) is 13.6. The summed E-state index contributed by atoms with van der Waals surface area (Å²) in [5, 5.41) is 3.03. The highest BCUT2D eigenvalue weighted by atomic mass is 19.1. The quantitative estimate of drug-likeness (QED) is 0.856. The lowest BCUT2D eigenvalue weighted by Gasteiger charge is -2.30. The van der Waals surface area contributed by atoms with Crippen molar-refractivity contribution >= 4 is 6.03 Å². The standard InChI is InChI=1S/C22H25FN2O3/c1-27-19-11-15-7-10-25(13-16(15)12-20(19)28-2)21(26)24-14-22(8-9-22)17-5-3-4-6-18(17)23/h3-6,11-12H,7-10,13-14H2,1-2H3,(H,24,26). The number of hydrogen-bond donors (Lipinski definition) is 1. The van der Waals surface area contributed by atoms with Crippen LogP contribution in [0.5, 0.6) is 11.5 Å². The molecule has 1 N–H and O–H groups in total. The smallest absolute Gasteiger partial charge is 0.317 e. The van der Waals surface area contributed by atoms with E-state index in [-0.39, 0.29) is 17.3 Å². The molecule has 148 valence electrons. The number of nitrogens with zero attached hydrogens (tertiary/aromatic N) is 1. The van der Waals surface area contributed by atoms with Crippen LogP contribution in [0, 0.1) is 5.82 Å². The highest BCUT2D eigenvalue weighted by molar-refractivity contribution is 5.75. The van der Waals surface area contributed by atoms with Gasteiger partial charge < -0.3 is 19.7 Å². The Morgan fingerprint density at radius 3 is 2.46 bits per heavy atom. The first kappa shape index (κ1) is 18.6. The zero-order chi connectivity index (χ0) is 19.7. The van der Waals surface area contributed by atoms with Crippen molar-refractivity contribution in [1.29, 1.82) is 0 Å². The highest BCUT2D eigenvalue weighted by Gasteiger charge is 2.46. The zero-order valence-corrected chi connectivity index (χ0v) is 16.3. The minimum Gasteiger partial charge on any atom is -0.493 e. The van der Waals surface area contributed by atoms with Crippen LogP contribution in [0.4, 0.5) is 9.18 Å². The highest BCUT2D eigenvalue weighted by Crippen LogP contribution is 2.48. The second-order valence-corrected chi connectivity index (χ2v) is 7.57. The Hall–Kier alpha value is -2.76. The number of urea groups is 1. The number of methoxy groups -OCH3 is 2. The van der Waals surface area contributed by atoms with Crippen molar-refractivity contribution in [2.45, 2.75) is 31.2 Å². The van der Waals surface area contributed by atoms with Crippen molar-refractivity contribution < 1.29 is 18.7 Å². The van der Waals surface area contributed by atoms with E-state index in [2.05, 4.69) is 5.32 Å². The molecule has 2 aromatic carbocycles. The van der Waals surface area contributed by atoms with Crippen LogP contribution in [0.2, 0.25) is 0 Å². The summed E-state index contributed by atoms with van der Waals surface area (Å²) in [5.74, 6) is 1.18. The van der Waals surface area contributed by atoms with Crippen LogP contribution in [0.15, 0.2) is 36.4 Å². The largest absolute Gasteiger partial charge is 0.493 e. The molecule has 6 heteroatoms. The molecule has 1 aliphatic heterocycles. The van der Waals surface area contributed by atoms with Gasteiger partial charge in [0.15, 0.2) is 11.5 Å². The van der Waals surface area contributed by atoms with E-state index in [0.717, 1.165) is 24.8 Å². The van der Waals surface area contributed by atoms with E-state index in [4.69, 9.17) is 9.47 Å². The van der Waals surface area contributed by atoms with Crippen LogP contribution in [-0.2, 0) is 18.4 Å².